The summed E-state index contributed by atoms with van der Waals surface area (Å²) in [6.45, 7) is 0. The second-order valence-corrected chi connectivity index (χ2v) is 20.4. The summed E-state index contributed by atoms with van der Waals surface area (Å²) < 4.78 is 0. The van der Waals surface area contributed by atoms with Gasteiger partial charge in [-0.15, -0.1) is 0 Å². The minimum atomic E-state index is 1.00. The van der Waals surface area contributed by atoms with Gasteiger partial charge in [0.1, 0.15) is 0 Å². The number of aliphatic hydroxyl groups is 2. The van der Waals surface area contributed by atoms with Crippen LogP contribution in [0.1, 0.15) is 257 Å². The summed E-state index contributed by atoms with van der Waals surface area (Å²) in [6, 6.07) is 0. The normalized spacial score (nSPS) is 38.0. The minimum Gasteiger partial charge on any atom is -0.400 e. The van der Waals surface area contributed by atoms with E-state index in [9.17, 15) is 0 Å². The van der Waals surface area contributed by atoms with Gasteiger partial charge in [0.15, 0.2) is 0 Å². The number of fused-ring (bicyclic) bond motifs is 5. The van der Waals surface area contributed by atoms with Crippen LogP contribution in [0.5, 0.6) is 0 Å². The molecule has 10 aliphatic rings. The first kappa shape index (κ1) is 46.6. The maximum atomic E-state index is 7.00. The van der Waals surface area contributed by atoms with Crippen LogP contribution in [0.4, 0.5) is 0 Å². The van der Waals surface area contributed by atoms with E-state index in [1.807, 2.05) is 0 Å². The van der Waals surface area contributed by atoms with Crippen LogP contribution in [0.25, 0.3) is 0 Å². The summed E-state index contributed by atoms with van der Waals surface area (Å²) in [6.07, 6.45) is 61.8. The van der Waals surface area contributed by atoms with Gasteiger partial charge >= 0.3 is 0 Å². The summed E-state index contributed by atoms with van der Waals surface area (Å²) in [5.74, 6) is 11.6. The van der Waals surface area contributed by atoms with Gasteiger partial charge in [0.2, 0.25) is 0 Å². The zero-order valence-corrected chi connectivity index (χ0v) is 37.0. The van der Waals surface area contributed by atoms with Gasteiger partial charge in [-0.1, -0.05) is 257 Å². The Morgan fingerprint density at radius 3 is 0.259 bits per heavy atom. The summed E-state index contributed by atoms with van der Waals surface area (Å²) in [5, 5.41) is 14.0. The van der Waals surface area contributed by atoms with Crippen molar-refractivity contribution in [2.75, 3.05) is 14.2 Å². The number of aliphatic hydroxyl groups excluding tert-OH is 2. The van der Waals surface area contributed by atoms with Crippen molar-refractivity contribution < 1.29 is 10.2 Å². The smallest absolute Gasteiger partial charge is 0.0319 e. The van der Waals surface area contributed by atoms with Crippen molar-refractivity contribution >= 4 is 0 Å². The molecule has 10 aliphatic carbocycles. The van der Waals surface area contributed by atoms with Crippen molar-refractivity contribution in [1.29, 1.82) is 0 Å². The lowest BCUT2D eigenvalue weighted by Gasteiger charge is -2.35. The predicted octanol–water partition coefficient (Wildman–Crippen LogP) is 16.1. The molecule has 2 N–H and O–H groups in total. The molecule has 0 aromatic heterocycles. The molecule has 318 valence electrons. The lowest BCUT2D eigenvalue weighted by atomic mass is 9.71. The largest absolute Gasteiger partial charge is 0.400 e. The van der Waals surface area contributed by atoms with E-state index in [0.29, 0.717) is 0 Å². The molecule has 0 amide bonds. The van der Waals surface area contributed by atoms with Crippen molar-refractivity contribution in [3.63, 3.8) is 0 Å². The molecule has 0 radical (unpaired) electrons. The van der Waals surface area contributed by atoms with Crippen molar-refractivity contribution in [2.24, 2.45) is 59.2 Å². The molecular weight excluding hydrogens is 657 g/mol. The van der Waals surface area contributed by atoms with E-state index in [4.69, 9.17) is 10.2 Å². The van der Waals surface area contributed by atoms with Crippen LogP contribution in [0, 0.1) is 59.2 Å². The van der Waals surface area contributed by atoms with E-state index in [-0.39, 0.29) is 0 Å². The molecule has 0 bridgehead atoms. The van der Waals surface area contributed by atoms with Crippen LogP contribution in [-0.4, -0.2) is 24.4 Å². The van der Waals surface area contributed by atoms with Crippen LogP contribution in [0.2, 0.25) is 0 Å². The Balaban J connectivity index is 0.000000147. The van der Waals surface area contributed by atoms with Gasteiger partial charge in [-0.3, -0.25) is 0 Å². The molecule has 0 spiro atoms. The molecule has 0 aromatic carbocycles. The molecule has 0 aliphatic heterocycles. The van der Waals surface area contributed by atoms with Gasteiger partial charge in [0, 0.05) is 14.2 Å². The van der Waals surface area contributed by atoms with E-state index >= 15 is 0 Å². The zero-order valence-electron chi connectivity index (χ0n) is 37.0. The third kappa shape index (κ3) is 16.6. The Labute approximate surface area is 339 Å². The van der Waals surface area contributed by atoms with E-state index in [2.05, 4.69) is 0 Å². The molecule has 10 fully saturated rings. The van der Waals surface area contributed by atoms with Gasteiger partial charge in [-0.2, -0.15) is 0 Å². The monoisotopic (exact) mass is 755 g/mol. The number of hydrogen-bond acceptors (Lipinski definition) is 2. The third-order valence-electron chi connectivity index (χ3n) is 17.3. The summed E-state index contributed by atoms with van der Waals surface area (Å²) in [5.41, 5.74) is 0. The van der Waals surface area contributed by atoms with Gasteiger partial charge in [-0.25, -0.2) is 0 Å². The number of hydrogen-bond donors (Lipinski definition) is 2. The average Bonchev–Trinajstić information content (AvgIpc) is 3.29. The average molecular weight is 755 g/mol. The molecular formula is C52H98O2. The fraction of sp³-hybridized carbons (Fsp3) is 1.00. The molecule has 10 rings (SSSR count). The van der Waals surface area contributed by atoms with Gasteiger partial charge < -0.3 is 10.2 Å². The maximum absolute atomic E-state index is 7.00. The predicted molar refractivity (Wildman–Crippen MR) is 236 cm³/mol. The second kappa shape index (κ2) is 29.2. The Morgan fingerprint density at radius 2 is 0.204 bits per heavy atom. The van der Waals surface area contributed by atoms with Crippen LogP contribution < -0.4 is 0 Å². The van der Waals surface area contributed by atoms with Crippen LogP contribution in [0.3, 0.4) is 0 Å². The lowest BCUT2D eigenvalue weighted by Crippen LogP contribution is -2.22. The molecule has 0 unspecified atom stereocenters. The standard InChI is InChI=1S/5C10H18.2CH4O/c5*1-2-6-10-8-4-3-7-9(10)5-1;2*1-2/h5*9-10H,1-8H2;2*2H,1H3. The van der Waals surface area contributed by atoms with Crippen molar-refractivity contribution in [2.45, 2.75) is 257 Å². The fourth-order valence-corrected chi connectivity index (χ4v) is 14.3. The number of rotatable bonds is 0. The minimum absolute atomic E-state index is 1.00. The van der Waals surface area contributed by atoms with Crippen LogP contribution >= 0.6 is 0 Å². The second-order valence-electron chi connectivity index (χ2n) is 20.4. The molecule has 0 aromatic rings. The molecule has 0 heterocycles. The lowest BCUT2D eigenvalue weighted by molar-refractivity contribution is 0.171. The third-order valence-corrected chi connectivity index (χ3v) is 17.3. The Morgan fingerprint density at radius 1 is 0.148 bits per heavy atom. The summed E-state index contributed by atoms with van der Waals surface area (Å²) in [7, 11) is 2.00. The quantitative estimate of drug-likeness (QED) is 0.259. The fourth-order valence-electron chi connectivity index (χ4n) is 14.3. The highest BCUT2D eigenvalue weighted by atomic mass is 16.2. The van der Waals surface area contributed by atoms with E-state index in [1.165, 1.54) is 128 Å². The van der Waals surface area contributed by atoms with Gasteiger partial charge in [-0.05, 0) is 59.2 Å². The molecule has 2 nitrogen and oxygen atoms in total. The highest BCUT2D eigenvalue weighted by molar-refractivity contribution is 4.82. The SMILES string of the molecule is C1CCC2CCCCC2C1.C1CCC2CCCCC2C1.C1CCC2CCCCC2C1.C1CCC2CCCCC2C1.C1CCC2CCCCC2C1.CO.CO. The first-order valence-electron chi connectivity index (χ1n) is 25.7. The Hall–Kier alpha value is -0.0800. The van der Waals surface area contributed by atoms with Gasteiger partial charge in [0.25, 0.3) is 0 Å². The highest BCUT2D eigenvalue weighted by Crippen LogP contribution is 2.43. The first-order chi connectivity index (χ1) is 26.8. The summed E-state index contributed by atoms with van der Waals surface area (Å²) >= 11 is 0. The first-order valence-corrected chi connectivity index (χ1v) is 25.7. The van der Waals surface area contributed by atoms with Crippen LogP contribution in [0.15, 0.2) is 0 Å². The van der Waals surface area contributed by atoms with Gasteiger partial charge in [0.05, 0.1) is 0 Å². The topological polar surface area (TPSA) is 40.5 Å². The van der Waals surface area contributed by atoms with Crippen molar-refractivity contribution in [3.05, 3.63) is 0 Å². The highest BCUT2D eigenvalue weighted by Gasteiger charge is 2.30. The molecule has 54 heavy (non-hydrogen) atoms. The molecule has 10 saturated carbocycles. The Bertz CT molecular complexity index is 578. The van der Waals surface area contributed by atoms with E-state index in [1.54, 1.807) is 128 Å². The van der Waals surface area contributed by atoms with Crippen molar-refractivity contribution in [3.8, 4) is 0 Å². The molecule has 2 heteroatoms. The maximum Gasteiger partial charge on any atom is 0.0319 e. The Kier molecular flexibility index (Phi) is 25.2. The zero-order chi connectivity index (χ0) is 38.1. The van der Waals surface area contributed by atoms with Crippen molar-refractivity contribution in [1.82, 2.24) is 0 Å². The van der Waals surface area contributed by atoms with E-state index < -0.39 is 0 Å². The molecule has 0 saturated heterocycles. The summed E-state index contributed by atoms with van der Waals surface area (Å²) in [4.78, 5) is 0. The van der Waals surface area contributed by atoms with Crippen LogP contribution in [-0.2, 0) is 0 Å². The molecule has 0 atom stereocenters. The van der Waals surface area contributed by atoms with E-state index in [0.717, 1.165) is 73.4 Å².